The van der Waals surface area contributed by atoms with Crippen LogP contribution in [-0.2, 0) is 0 Å². The molecule has 2 rings (SSSR count). The van der Waals surface area contributed by atoms with Gasteiger partial charge in [0, 0.05) is 5.56 Å². The van der Waals surface area contributed by atoms with Crippen LogP contribution in [0.3, 0.4) is 0 Å². The lowest BCUT2D eigenvalue weighted by molar-refractivity contribution is -0.274. The van der Waals surface area contributed by atoms with Crippen LogP contribution in [0.2, 0.25) is 0 Å². The molecule has 2 aromatic rings. The Bertz CT molecular complexity index is 537. The number of benzene rings is 1. The monoisotopic (exact) mass is 257 g/mol. The van der Waals surface area contributed by atoms with Gasteiger partial charge in [0.15, 0.2) is 0 Å². The minimum Gasteiger partial charge on any atom is -0.406 e. The van der Waals surface area contributed by atoms with Crippen molar-refractivity contribution >= 4 is 0 Å². The highest BCUT2D eigenvalue weighted by molar-refractivity contribution is 5.60. The second kappa shape index (κ2) is 4.64. The summed E-state index contributed by atoms with van der Waals surface area (Å²) in [6.45, 7) is 0. The van der Waals surface area contributed by atoms with E-state index in [0.29, 0.717) is 11.3 Å². The van der Waals surface area contributed by atoms with Crippen molar-refractivity contribution in [3.8, 4) is 17.0 Å². The highest BCUT2D eigenvalue weighted by atomic mass is 19.4. The van der Waals surface area contributed by atoms with Gasteiger partial charge in [0.25, 0.3) is 0 Å². The van der Waals surface area contributed by atoms with E-state index < -0.39 is 12.2 Å². The molecule has 0 saturated heterocycles. The molecule has 0 aliphatic heterocycles. The van der Waals surface area contributed by atoms with Gasteiger partial charge in [-0.1, -0.05) is 12.1 Å². The molecule has 0 radical (unpaired) electrons. The number of alkyl halides is 3. The van der Waals surface area contributed by atoms with Crippen molar-refractivity contribution in [1.82, 2.24) is 4.98 Å². The van der Waals surface area contributed by atoms with Crippen LogP contribution < -0.4 is 4.74 Å². The molecule has 1 aromatic heterocycles. The quantitative estimate of drug-likeness (QED) is 0.764. The molecule has 6 heteroatoms. The second-order valence-corrected chi connectivity index (χ2v) is 3.44. The summed E-state index contributed by atoms with van der Waals surface area (Å²) in [5.74, 6) is -0.854. The predicted octanol–water partition coefficient (Wildman–Crippen LogP) is 3.79. The Morgan fingerprint density at radius 3 is 2.44 bits per heavy atom. The molecular weight excluding hydrogens is 250 g/mol. The average molecular weight is 257 g/mol. The smallest absolute Gasteiger partial charge is 0.406 e. The fraction of sp³-hybridized carbons (Fsp3) is 0.0833. The maximum Gasteiger partial charge on any atom is 0.573 e. The van der Waals surface area contributed by atoms with E-state index in [1.807, 2.05) is 0 Å². The zero-order valence-electron chi connectivity index (χ0n) is 8.91. The van der Waals surface area contributed by atoms with Crippen molar-refractivity contribution in [2.75, 3.05) is 0 Å². The fourth-order valence-electron chi connectivity index (χ4n) is 1.40. The van der Waals surface area contributed by atoms with Crippen molar-refractivity contribution in [2.45, 2.75) is 6.36 Å². The van der Waals surface area contributed by atoms with Crippen LogP contribution in [0.1, 0.15) is 0 Å². The van der Waals surface area contributed by atoms with Crippen LogP contribution in [0.15, 0.2) is 42.6 Å². The molecule has 1 aromatic carbocycles. The zero-order chi connectivity index (χ0) is 13.2. The SMILES string of the molecule is Fc1ccc(-c2cccc(OC(F)(F)F)c2)nc1. The molecular formula is C12H7F4NO. The molecule has 1 heterocycles. The van der Waals surface area contributed by atoms with Gasteiger partial charge in [-0.3, -0.25) is 4.98 Å². The van der Waals surface area contributed by atoms with E-state index in [0.717, 1.165) is 6.20 Å². The van der Waals surface area contributed by atoms with Crippen LogP contribution in [0.5, 0.6) is 5.75 Å². The lowest BCUT2D eigenvalue weighted by atomic mass is 10.1. The van der Waals surface area contributed by atoms with Crippen LogP contribution in [0, 0.1) is 5.82 Å². The number of aromatic nitrogens is 1. The van der Waals surface area contributed by atoms with Crippen molar-refractivity contribution in [3.63, 3.8) is 0 Å². The number of halogens is 4. The van der Waals surface area contributed by atoms with E-state index in [1.54, 1.807) is 6.07 Å². The van der Waals surface area contributed by atoms with E-state index in [-0.39, 0.29) is 5.75 Å². The average Bonchev–Trinajstić information content (AvgIpc) is 2.28. The van der Waals surface area contributed by atoms with Crippen LogP contribution in [0.4, 0.5) is 17.6 Å². The largest absolute Gasteiger partial charge is 0.573 e. The molecule has 0 unspecified atom stereocenters. The summed E-state index contributed by atoms with van der Waals surface area (Å²) in [5.41, 5.74) is 0.778. The number of pyridine rings is 1. The fourth-order valence-corrected chi connectivity index (χ4v) is 1.40. The third kappa shape index (κ3) is 3.19. The Labute approximate surface area is 99.8 Å². The van der Waals surface area contributed by atoms with Gasteiger partial charge >= 0.3 is 6.36 Å². The van der Waals surface area contributed by atoms with E-state index >= 15 is 0 Å². The minimum absolute atomic E-state index is 0.342. The van der Waals surface area contributed by atoms with Crippen LogP contribution in [0.25, 0.3) is 11.3 Å². The third-order valence-corrected chi connectivity index (χ3v) is 2.09. The third-order valence-electron chi connectivity index (χ3n) is 2.09. The second-order valence-electron chi connectivity index (χ2n) is 3.44. The molecule has 0 N–H and O–H groups in total. The molecule has 0 bridgehead atoms. The maximum atomic E-state index is 12.7. The van der Waals surface area contributed by atoms with Gasteiger partial charge in [-0.2, -0.15) is 0 Å². The van der Waals surface area contributed by atoms with E-state index in [4.69, 9.17) is 0 Å². The number of hydrogen-bond donors (Lipinski definition) is 0. The topological polar surface area (TPSA) is 22.1 Å². The summed E-state index contributed by atoms with van der Waals surface area (Å²) in [5, 5.41) is 0. The van der Waals surface area contributed by atoms with Gasteiger partial charge < -0.3 is 4.74 Å². The molecule has 0 atom stereocenters. The molecule has 0 fully saturated rings. The summed E-state index contributed by atoms with van der Waals surface area (Å²) in [4.78, 5) is 3.77. The van der Waals surface area contributed by atoms with Gasteiger partial charge in [-0.05, 0) is 24.3 Å². The number of ether oxygens (including phenoxy) is 1. The summed E-state index contributed by atoms with van der Waals surface area (Å²) < 4.78 is 52.6. The van der Waals surface area contributed by atoms with Gasteiger partial charge in [-0.25, -0.2) is 4.39 Å². The van der Waals surface area contributed by atoms with Crippen molar-refractivity contribution in [1.29, 1.82) is 0 Å². The molecule has 0 aliphatic rings. The van der Waals surface area contributed by atoms with E-state index in [1.165, 1.54) is 30.3 Å². The van der Waals surface area contributed by atoms with Crippen molar-refractivity contribution in [3.05, 3.63) is 48.4 Å². The lowest BCUT2D eigenvalue weighted by Gasteiger charge is -2.09. The van der Waals surface area contributed by atoms with Gasteiger partial charge in [0.1, 0.15) is 11.6 Å². The first-order valence-corrected chi connectivity index (χ1v) is 4.92. The standard InChI is InChI=1S/C12H7F4NO/c13-9-4-5-11(17-7-9)8-2-1-3-10(6-8)18-12(14,15)16/h1-7H. The highest BCUT2D eigenvalue weighted by Gasteiger charge is 2.31. The van der Waals surface area contributed by atoms with E-state index in [9.17, 15) is 17.6 Å². The Kier molecular flexibility index (Phi) is 3.18. The van der Waals surface area contributed by atoms with Gasteiger partial charge in [0.05, 0.1) is 11.9 Å². The highest BCUT2D eigenvalue weighted by Crippen LogP contribution is 2.26. The van der Waals surface area contributed by atoms with Crippen molar-refractivity contribution < 1.29 is 22.3 Å². The van der Waals surface area contributed by atoms with E-state index in [2.05, 4.69) is 9.72 Å². The number of nitrogens with zero attached hydrogens (tertiary/aromatic N) is 1. The Hall–Kier alpha value is -2.11. The summed E-state index contributed by atoms with van der Waals surface area (Å²) >= 11 is 0. The summed E-state index contributed by atoms with van der Waals surface area (Å²) in [6.07, 6.45) is -3.75. The van der Waals surface area contributed by atoms with Gasteiger partial charge in [0.2, 0.25) is 0 Å². The molecule has 18 heavy (non-hydrogen) atoms. The summed E-state index contributed by atoms with van der Waals surface area (Å²) in [6, 6.07) is 7.89. The van der Waals surface area contributed by atoms with Crippen molar-refractivity contribution in [2.24, 2.45) is 0 Å². The molecule has 0 saturated carbocycles. The molecule has 0 spiro atoms. The maximum absolute atomic E-state index is 12.7. The Morgan fingerprint density at radius 1 is 1.06 bits per heavy atom. The normalized spacial score (nSPS) is 11.3. The minimum atomic E-state index is -4.74. The first-order valence-electron chi connectivity index (χ1n) is 4.92. The van der Waals surface area contributed by atoms with Gasteiger partial charge in [-0.15, -0.1) is 13.2 Å². The Morgan fingerprint density at radius 2 is 1.83 bits per heavy atom. The first kappa shape index (κ1) is 12.3. The number of rotatable bonds is 2. The van der Waals surface area contributed by atoms with Crippen LogP contribution >= 0.6 is 0 Å². The lowest BCUT2D eigenvalue weighted by Crippen LogP contribution is -2.17. The molecule has 0 amide bonds. The molecule has 94 valence electrons. The predicted molar refractivity (Wildman–Crippen MR) is 56.3 cm³/mol. The Balaban J connectivity index is 2.29. The first-order chi connectivity index (χ1) is 8.44. The van der Waals surface area contributed by atoms with Crippen LogP contribution in [-0.4, -0.2) is 11.3 Å². The zero-order valence-corrected chi connectivity index (χ0v) is 8.91. The molecule has 0 aliphatic carbocycles. The summed E-state index contributed by atoms with van der Waals surface area (Å²) in [7, 11) is 0. The number of hydrogen-bond acceptors (Lipinski definition) is 2. The molecule has 2 nitrogen and oxygen atoms in total.